The Morgan fingerprint density at radius 3 is 2.30 bits per heavy atom. The Morgan fingerprint density at radius 1 is 1.00 bits per heavy atom. The summed E-state index contributed by atoms with van der Waals surface area (Å²) in [6.45, 7) is 4.37. The molecule has 3 rings (SSSR count). The lowest BCUT2D eigenvalue weighted by atomic mass is 9.80. The number of hydrogen-bond acceptors (Lipinski definition) is 2. The zero-order chi connectivity index (χ0) is 13.8. The van der Waals surface area contributed by atoms with Crippen LogP contribution >= 0.6 is 0 Å². The third kappa shape index (κ3) is 3.21. The molecule has 2 nitrogen and oxygen atoms in total. The zero-order valence-corrected chi connectivity index (χ0v) is 12.2. The van der Waals surface area contributed by atoms with Gasteiger partial charge < -0.3 is 5.32 Å². The largest absolute Gasteiger partial charge is 0.314 e. The van der Waals surface area contributed by atoms with Crippen LogP contribution in [0.5, 0.6) is 0 Å². The van der Waals surface area contributed by atoms with Gasteiger partial charge in [-0.3, -0.25) is 4.90 Å². The average molecular weight is 276 g/mol. The van der Waals surface area contributed by atoms with Crippen LogP contribution in [0.1, 0.15) is 43.7 Å². The molecule has 1 aromatic carbocycles. The van der Waals surface area contributed by atoms with E-state index in [0.29, 0.717) is 6.04 Å². The minimum Gasteiger partial charge on any atom is -0.314 e. The lowest BCUT2D eigenvalue weighted by Crippen LogP contribution is -2.47. The number of nitrogens with one attached hydrogen (secondary N) is 1. The molecule has 1 aliphatic heterocycles. The van der Waals surface area contributed by atoms with Crippen LogP contribution in [0.15, 0.2) is 24.3 Å². The van der Waals surface area contributed by atoms with Gasteiger partial charge in [0.15, 0.2) is 0 Å². The number of benzene rings is 1. The van der Waals surface area contributed by atoms with Gasteiger partial charge in [-0.15, -0.1) is 0 Å². The molecule has 0 bridgehead atoms. The minimum atomic E-state index is -0.128. The minimum absolute atomic E-state index is 0.128. The van der Waals surface area contributed by atoms with Crippen molar-refractivity contribution < 1.29 is 4.39 Å². The van der Waals surface area contributed by atoms with Crippen LogP contribution in [0, 0.1) is 11.7 Å². The Hall–Kier alpha value is -0.930. The summed E-state index contributed by atoms with van der Waals surface area (Å²) in [7, 11) is 0. The van der Waals surface area contributed by atoms with Crippen LogP contribution in [0.4, 0.5) is 4.39 Å². The molecule has 0 amide bonds. The summed E-state index contributed by atoms with van der Waals surface area (Å²) in [5.74, 6) is 0.615. The molecule has 0 aromatic heterocycles. The fourth-order valence-corrected chi connectivity index (χ4v) is 3.85. The van der Waals surface area contributed by atoms with Crippen LogP contribution in [0.3, 0.4) is 0 Å². The quantitative estimate of drug-likeness (QED) is 0.910. The van der Waals surface area contributed by atoms with E-state index >= 15 is 0 Å². The van der Waals surface area contributed by atoms with Crippen LogP contribution in [-0.4, -0.2) is 31.1 Å². The molecule has 110 valence electrons. The highest BCUT2D eigenvalue weighted by Gasteiger charge is 2.30. The lowest BCUT2D eigenvalue weighted by molar-refractivity contribution is 0.103. The van der Waals surface area contributed by atoms with Gasteiger partial charge in [-0.1, -0.05) is 31.4 Å². The van der Waals surface area contributed by atoms with Crippen molar-refractivity contribution in [1.82, 2.24) is 10.2 Å². The van der Waals surface area contributed by atoms with Gasteiger partial charge in [0.1, 0.15) is 5.82 Å². The second-order valence-electron chi connectivity index (χ2n) is 6.18. The molecule has 20 heavy (non-hydrogen) atoms. The third-order valence-electron chi connectivity index (χ3n) is 4.85. The molecule has 0 radical (unpaired) electrons. The lowest BCUT2D eigenvalue weighted by Gasteiger charge is -2.41. The van der Waals surface area contributed by atoms with Crippen molar-refractivity contribution in [3.63, 3.8) is 0 Å². The van der Waals surface area contributed by atoms with Crippen LogP contribution in [0.25, 0.3) is 0 Å². The van der Waals surface area contributed by atoms with Crippen molar-refractivity contribution >= 4 is 0 Å². The van der Waals surface area contributed by atoms with E-state index in [1.165, 1.54) is 37.7 Å². The molecule has 1 saturated carbocycles. The highest BCUT2D eigenvalue weighted by Crippen LogP contribution is 2.38. The molecule has 2 fully saturated rings. The Balaban J connectivity index is 1.83. The molecule has 1 atom stereocenters. The predicted octanol–water partition coefficient (Wildman–Crippen LogP) is 3.35. The number of hydrogen-bond donors (Lipinski definition) is 1. The van der Waals surface area contributed by atoms with Crippen molar-refractivity contribution in [3.8, 4) is 0 Å². The Morgan fingerprint density at radius 2 is 1.65 bits per heavy atom. The van der Waals surface area contributed by atoms with Crippen LogP contribution < -0.4 is 5.32 Å². The monoisotopic (exact) mass is 276 g/mol. The van der Waals surface area contributed by atoms with E-state index in [-0.39, 0.29) is 5.82 Å². The van der Waals surface area contributed by atoms with Gasteiger partial charge in [-0.25, -0.2) is 4.39 Å². The van der Waals surface area contributed by atoms with Gasteiger partial charge in [-0.2, -0.15) is 0 Å². The Bertz CT molecular complexity index is 388. The number of halogens is 1. The molecule has 0 spiro atoms. The van der Waals surface area contributed by atoms with E-state index in [9.17, 15) is 4.39 Å². The van der Waals surface area contributed by atoms with Crippen molar-refractivity contribution in [3.05, 3.63) is 35.6 Å². The standard InChI is InChI=1S/C17H25FN2/c18-16-8-6-15(7-9-16)17(14-4-2-1-3-5-14)20-12-10-19-11-13-20/h6-9,14,17,19H,1-5,10-13H2/t17-/m0/s1. The molecular weight excluding hydrogens is 251 g/mol. The van der Waals surface area contributed by atoms with Gasteiger partial charge in [0.25, 0.3) is 0 Å². The van der Waals surface area contributed by atoms with E-state index in [0.717, 1.165) is 32.1 Å². The smallest absolute Gasteiger partial charge is 0.123 e. The topological polar surface area (TPSA) is 15.3 Å². The van der Waals surface area contributed by atoms with Gasteiger partial charge in [0.2, 0.25) is 0 Å². The normalized spacial score (nSPS) is 23.6. The zero-order valence-electron chi connectivity index (χ0n) is 12.2. The van der Waals surface area contributed by atoms with E-state index in [2.05, 4.69) is 10.2 Å². The molecule has 0 unspecified atom stereocenters. The molecule has 1 N–H and O–H groups in total. The molecule has 1 heterocycles. The molecule has 1 aliphatic carbocycles. The first-order valence-electron chi connectivity index (χ1n) is 8.05. The number of piperazine rings is 1. The van der Waals surface area contributed by atoms with E-state index < -0.39 is 0 Å². The highest BCUT2D eigenvalue weighted by molar-refractivity contribution is 5.21. The maximum absolute atomic E-state index is 13.2. The maximum atomic E-state index is 13.2. The summed E-state index contributed by atoms with van der Waals surface area (Å²) in [4.78, 5) is 2.61. The molecule has 2 aliphatic rings. The van der Waals surface area contributed by atoms with Crippen LogP contribution in [-0.2, 0) is 0 Å². The first-order chi connectivity index (χ1) is 9.84. The van der Waals surface area contributed by atoms with E-state index in [4.69, 9.17) is 0 Å². The average Bonchev–Trinajstić information content (AvgIpc) is 2.52. The third-order valence-corrected chi connectivity index (χ3v) is 4.85. The van der Waals surface area contributed by atoms with Crippen LogP contribution in [0.2, 0.25) is 0 Å². The summed E-state index contributed by atoms with van der Waals surface area (Å²) in [5, 5.41) is 3.43. The number of rotatable bonds is 3. The molecule has 1 saturated heterocycles. The van der Waals surface area contributed by atoms with Gasteiger partial charge in [0, 0.05) is 32.2 Å². The van der Waals surface area contributed by atoms with E-state index in [1.54, 1.807) is 12.1 Å². The van der Waals surface area contributed by atoms with Crippen molar-refractivity contribution in [1.29, 1.82) is 0 Å². The maximum Gasteiger partial charge on any atom is 0.123 e. The van der Waals surface area contributed by atoms with Gasteiger partial charge in [-0.05, 0) is 36.5 Å². The summed E-state index contributed by atoms with van der Waals surface area (Å²) in [6.07, 6.45) is 6.75. The molecule has 3 heteroatoms. The second-order valence-corrected chi connectivity index (χ2v) is 6.18. The van der Waals surface area contributed by atoms with Crippen molar-refractivity contribution in [2.45, 2.75) is 38.1 Å². The van der Waals surface area contributed by atoms with Crippen molar-refractivity contribution in [2.24, 2.45) is 5.92 Å². The fourth-order valence-electron chi connectivity index (χ4n) is 3.85. The highest BCUT2D eigenvalue weighted by atomic mass is 19.1. The SMILES string of the molecule is Fc1ccc([C@H](C2CCCCC2)N2CCNCC2)cc1. The summed E-state index contributed by atoms with van der Waals surface area (Å²) in [6, 6.07) is 7.71. The summed E-state index contributed by atoms with van der Waals surface area (Å²) >= 11 is 0. The first-order valence-corrected chi connectivity index (χ1v) is 8.05. The van der Waals surface area contributed by atoms with Gasteiger partial charge >= 0.3 is 0 Å². The molecule has 1 aromatic rings. The Kier molecular flexibility index (Phi) is 4.69. The second kappa shape index (κ2) is 6.68. The summed E-state index contributed by atoms with van der Waals surface area (Å²) < 4.78 is 13.2. The Labute approximate surface area is 121 Å². The van der Waals surface area contributed by atoms with E-state index in [1.807, 2.05) is 12.1 Å². The van der Waals surface area contributed by atoms with Crippen molar-refractivity contribution in [2.75, 3.05) is 26.2 Å². The van der Waals surface area contributed by atoms with Gasteiger partial charge in [0.05, 0.1) is 0 Å². The fraction of sp³-hybridized carbons (Fsp3) is 0.647. The first kappa shape index (κ1) is 14.0. The predicted molar refractivity (Wildman–Crippen MR) is 80.2 cm³/mol. The number of nitrogens with zero attached hydrogens (tertiary/aromatic N) is 1. The summed E-state index contributed by atoms with van der Waals surface area (Å²) in [5.41, 5.74) is 1.31. The molecular formula is C17H25FN2.